The topological polar surface area (TPSA) is 64.3 Å². The normalized spacial score (nSPS) is 23.7. The molecule has 1 saturated heterocycles. The van der Waals surface area contributed by atoms with Crippen molar-refractivity contribution in [1.82, 2.24) is 4.90 Å². The fraction of sp³-hybridized carbons (Fsp3) is 0.857. The van der Waals surface area contributed by atoms with Crippen molar-refractivity contribution in [3.8, 4) is 6.07 Å². The second-order valence-corrected chi connectivity index (χ2v) is 6.41. The van der Waals surface area contributed by atoms with Crippen molar-refractivity contribution in [2.24, 2.45) is 5.41 Å². The molecule has 0 bridgehead atoms. The van der Waals surface area contributed by atoms with Crippen molar-refractivity contribution in [2.75, 3.05) is 6.54 Å². The predicted octanol–water partition coefficient (Wildman–Crippen LogP) is 2.32. The van der Waals surface area contributed by atoms with Gasteiger partial charge in [-0.3, -0.25) is 4.79 Å². The molecule has 1 N–H and O–H groups in total. The van der Waals surface area contributed by atoms with E-state index in [0.29, 0.717) is 31.2 Å². The van der Waals surface area contributed by atoms with Crippen molar-refractivity contribution in [1.29, 1.82) is 5.26 Å². The van der Waals surface area contributed by atoms with Crippen molar-refractivity contribution in [3.63, 3.8) is 0 Å². The van der Waals surface area contributed by atoms with Crippen LogP contribution in [0.4, 0.5) is 0 Å². The number of aliphatic hydroxyl groups excluding tert-OH is 1. The summed E-state index contributed by atoms with van der Waals surface area (Å²) in [5.41, 5.74) is 0.500. The maximum absolute atomic E-state index is 11.1. The molecule has 1 fully saturated rings. The molecule has 1 aliphatic heterocycles. The van der Waals surface area contributed by atoms with Crippen LogP contribution in [0, 0.1) is 16.7 Å². The van der Waals surface area contributed by atoms with Crippen molar-refractivity contribution in [3.05, 3.63) is 0 Å². The second kappa shape index (κ2) is 7.38. The van der Waals surface area contributed by atoms with Crippen LogP contribution in [0.3, 0.4) is 0 Å². The number of nitrogens with zero attached hydrogens (tertiary/aromatic N) is 2. The van der Waals surface area contributed by atoms with Crippen LogP contribution in [0.1, 0.15) is 53.9 Å². The lowest BCUT2D eigenvalue weighted by Crippen LogP contribution is -2.46. The van der Waals surface area contributed by atoms with Crippen molar-refractivity contribution >= 4 is 5.91 Å². The number of rotatable bonds is 1. The second-order valence-electron chi connectivity index (χ2n) is 6.41. The van der Waals surface area contributed by atoms with Gasteiger partial charge in [-0.15, -0.1) is 0 Å². The summed E-state index contributed by atoms with van der Waals surface area (Å²) in [6, 6.07) is 1.95. The van der Waals surface area contributed by atoms with Gasteiger partial charge in [0.15, 0.2) is 0 Å². The van der Waals surface area contributed by atoms with E-state index >= 15 is 0 Å². The Bertz CT molecular complexity index is 296. The van der Waals surface area contributed by atoms with Gasteiger partial charge >= 0.3 is 0 Å². The van der Waals surface area contributed by atoms with Crippen molar-refractivity contribution in [2.45, 2.75) is 66.0 Å². The fourth-order valence-electron chi connectivity index (χ4n) is 1.74. The first kappa shape index (κ1) is 16.9. The average Bonchev–Trinajstić information content (AvgIpc) is 2.14. The van der Waals surface area contributed by atoms with Gasteiger partial charge < -0.3 is 10.0 Å². The molecule has 0 aromatic heterocycles. The molecule has 1 heterocycles. The van der Waals surface area contributed by atoms with Gasteiger partial charge in [-0.2, -0.15) is 5.26 Å². The molecule has 1 amide bonds. The number of hydrogen-bond donors (Lipinski definition) is 1. The molecule has 0 unspecified atom stereocenters. The number of hydrogen-bond acceptors (Lipinski definition) is 3. The van der Waals surface area contributed by atoms with E-state index in [4.69, 9.17) is 5.26 Å². The van der Waals surface area contributed by atoms with Gasteiger partial charge in [-0.1, -0.05) is 27.7 Å². The van der Waals surface area contributed by atoms with Gasteiger partial charge in [0, 0.05) is 19.5 Å². The summed E-state index contributed by atoms with van der Waals surface area (Å²) in [4.78, 5) is 12.8. The van der Waals surface area contributed by atoms with Crippen LogP contribution in [0.2, 0.25) is 0 Å². The zero-order chi connectivity index (χ0) is 14.3. The predicted molar refractivity (Wildman–Crippen MR) is 71.8 cm³/mol. The Morgan fingerprint density at radius 3 is 2.33 bits per heavy atom. The summed E-state index contributed by atoms with van der Waals surface area (Å²) in [5.74, 6) is -0.00727. The molecule has 1 aliphatic rings. The van der Waals surface area contributed by atoms with Gasteiger partial charge in [0.1, 0.15) is 0 Å². The summed E-state index contributed by atoms with van der Waals surface area (Å²) in [6.07, 6.45) is 1.12. The Balaban J connectivity index is 0.000000494. The first-order valence-corrected chi connectivity index (χ1v) is 6.47. The highest BCUT2D eigenvalue weighted by Crippen LogP contribution is 2.19. The molecule has 1 rings (SSSR count). The van der Waals surface area contributed by atoms with E-state index in [1.165, 1.54) is 6.92 Å². The third-order valence-electron chi connectivity index (χ3n) is 2.42. The molecule has 0 radical (unpaired) electrons. The van der Waals surface area contributed by atoms with Crippen LogP contribution in [0.25, 0.3) is 0 Å². The number of amides is 1. The number of carbonyl (C=O) groups is 1. The van der Waals surface area contributed by atoms with E-state index in [2.05, 4.69) is 27.7 Å². The number of carbonyl (C=O) groups excluding carboxylic acids is 1. The van der Waals surface area contributed by atoms with Gasteiger partial charge in [0.05, 0.1) is 18.6 Å². The Labute approximate surface area is 111 Å². The smallest absolute Gasteiger partial charge is 0.219 e. The van der Waals surface area contributed by atoms with Crippen LogP contribution < -0.4 is 0 Å². The zero-order valence-electron chi connectivity index (χ0n) is 12.2. The molecule has 0 saturated carbocycles. The standard InChI is InChI=1S/C9H14N2O2.C5H12/c1-7(12)11-5-3-9(13)6-8(11)2-4-10;1-5(2,3)4/h8-9,13H,2-3,5-6H2,1H3;1-4H3/t8-,9-;/m1./s1. The summed E-state index contributed by atoms with van der Waals surface area (Å²) in [6.45, 7) is 10.8. The lowest BCUT2D eigenvalue weighted by molar-refractivity contribution is -0.133. The first-order chi connectivity index (χ1) is 8.15. The van der Waals surface area contributed by atoms with Gasteiger partial charge in [0.25, 0.3) is 0 Å². The van der Waals surface area contributed by atoms with E-state index in [1.54, 1.807) is 4.90 Å². The van der Waals surface area contributed by atoms with Crippen LogP contribution >= 0.6 is 0 Å². The molecule has 0 spiro atoms. The quantitative estimate of drug-likeness (QED) is 0.781. The van der Waals surface area contributed by atoms with Crippen LogP contribution in [0.5, 0.6) is 0 Å². The third kappa shape index (κ3) is 8.08. The van der Waals surface area contributed by atoms with Crippen LogP contribution in [-0.2, 0) is 4.79 Å². The Morgan fingerprint density at radius 2 is 1.94 bits per heavy atom. The Morgan fingerprint density at radius 1 is 1.44 bits per heavy atom. The van der Waals surface area contributed by atoms with Crippen LogP contribution in [0.15, 0.2) is 0 Å². The largest absolute Gasteiger partial charge is 0.393 e. The SMILES string of the molecule is CC(=O)N1CC[C@@H](O)C[C@H]1CC#N.CC(C)(C)C. The molecule has 4 nitrogen and oxygen atoms in total. The van der Waals surface area contributed by atoms with E-state index in [1.807, 2.05) is 6.07 Å². The highest BCUT2D eigenvalue weighted by molar-refractivity contribution is 5.73. The molecular weight excluding hydrogens is 228 g/mol. The van der Waals surface area contributed by atoms with Crippen molar-refractivity contribution < 1.29 is 9.90 Å². The molecule has 0 aromatic carbocycles. The van der Waals surface area contributed by atoms with Gasteiger partial charge in [-0.05, 0) is 18.3 Å². The molecule has 0 aromatic rings. The molecule has 4 heteroatoms. The summed E-state index contributed by atoms with van der Waals surface area (Å²) in [7, 11) is 0. The maximum Gasteiger partial charge on any atom is 0.219 e. The lowest BCUT2D eigenvalue weighted by Gasteiger charge is -2.36. The minimum absolute atomic E-state index is 0.00727. The minimum atomic E-state index is -0.353. The molecule has 18 heavy (non-hydrogen) atoms. The maximum atomic E-state index is 11.1. The highest BCUT2D eigenvalue weighted by atomic mass is 16.3. The average molecular weight is 254 g/mol. The summed E-state index contributed by atoms with van der Waals surface area (Å²) < 4.78 is 0. The number of likely N-dealkylation sites (tertiary alicyclic amines) is 1. The number of aliphatic hydroxyl groups is 1. The zero-order valence-corrected chi connectivity index (χ0v) is 12.2. The first-order valence-electron chi connectivity index (χ1n) is 6.47. The fourth-order valence-corrected chi connectivity index (χ4v) is 1.74. The summed E-state index contributed by atoms with van der Waals surface area (Å²) in [5, 5.41) is 17.9. The minimum Gasteiger partial charge on any atom is -0.393 e. The number of piperidine rings is 1. The summed E-state index contributed by atoms with van der Waals surface area (Å²) >= 11 is 0. The monoisotopic (exact) mass is 254 g/mol. The number of nitriles is 1. The molecule has 0 aliphatic carbocycles. The van der Waals surface area contributed by atoms with E-state index in [-0.39, 0.29) is 18.1 Å². The molecule has 104 valence electrons. The van der Waals surface area contributed by atoms with E-state index in [9.17, 15) is 9.90 Å². The van der Waals surface area contributed by atoms with Crippen LogP contribution in [-0.4, -0.2) is 34.6 Å². The van der Waals surface area contributed by atoms with E-state index < -0.39 is 0 Å². The highest BCUT2D eigenvalue weighted by Gasteiger charge is 2.28. The molecule has 2 atom stereocenters. The Hall–Kier alpha value is -1.08. The lowest BCUT2D eigenvalue weighted by atomic mass is 9.97. The van der Waals surface area contributed by atoms with E-state index in [0.717, 1.165) is 0 Å². The van der Waals surface area contributed by atoms with Gasteiger partial charge in [-0.25, -0.2) is 0 Å². The Kier molecular flexibility index (Phi) is 6.93. The van der Waals surface area contributed by atoms with Gasteiger partial charge in [0.2, 0.25) is 5.91 Å². The third-order valence-corrected chi connectivity index (χ3v) is 2.42. The molecular formula is C14H26N2O2.